The van der Waals surface area contributed by atoms with Gasteiger partial charge in [0.05, 0.1) is 6.61 Å². The zero-order valence-electron chi connectivity index (χ0n) is 19.0. The van der Waals surface area contributed by atoms with E-state index in [2.05, 4.69) is 66.0 Å². The van der Waals surface area contributed by atoms with Gasteiger partial charge in [-0.15, -0.1) is 11.3 Å². The van der Waals surface area contributed by atoms with Gasteiger partial charge in [-0.1, -0.05) is 71.4 Å². The normalized spacial score (nSPS) is 13.6. The van der Waals surface area contributed by atoms with E-state index in [4.69, 9.17) is 4.74 Å². The minimum atomic E-state index is 0.567. The lowest BCUT2D eigenvalue weighted by molar-refractivity contribution is 0.304. The van der Waals surface area contributed by atoms with E-state index < -0.39 is 0 Å². The number of unbranched alkanes of at least 4 members (excludes halogenated alkanes) is 5. The zero-order valence-corrected chi connectivity index (χ0v) is 19.8. The third kappa shape index (κ3) is 6.60. The highest BCUT2D eigenvalue weighted by Gasteiger charge is 2.13. The summed E-state index contributed by atoms with van der Waals surface area (Å²) in [6, 6.07) is 8.79. The molecule has 2 unspecified atom stereocenters. The first-order valence-corrected chi connectivity index (χ1v) is 12.7. The summed E-state index contributed by atoms with van der Waals surface area (Å²) in [5.74, 6) is 2.16. The summed E-state index contributed by atoms with van der Waals surface area (Å²) in [4.78, 5) is 5.49. The van der Waals surface area contributed by atoms with Gasteiger partial charge in [0.1, 0.15) is 5.75 Å². The van der Waals surface area contributed by atoms with Gasteiger partial charge in [0.15, 0.2) is 4.96 Å². The Hall–Kier alpha value is -1.81. The summed E-state index contributed by atoms with van der Waals surface area (Å²) >= 11 is 1.74. The second kappa shape index (κ2) is 12.1. The van der Waals surface area contributed by atoms with E-state index in [9.17, 15) is 0 Å². The Bertz CT molecular complexity index is 851. The van der Waals surface area contributed by atoms with Crippen LogP contribution in [0.3, 0.4) is 0 Å². The van der Waals surface area contributed by atoms with Crippen LogP contribution >= 0.6 is 11.3 Å². The highest BCUT2D eigenvalue weighted by atomic mass is 32.1. The van der Waals surface area contributed by atoms with E-state index in [-0.39, 0.29) is 0 Å². The number of aromatic nitrogens is 2. The second-order valence-electron chi connectivity index (χ2n) is 8.66. The number of hydrogen-bond acceptors (Lipinski definition) is 3. The van der Waals surface area contributed by atoms with Crippen molar-refractivity contribution in [1.82, 2.24) is 9.38 Å². The Labute approximate surface area is 186 Å². The Balaban J connectivity index is 1.35. The van der Waals surface area contributed by atoms with Crippen LogP contribution in [0.4, 0.5) is 0 Å². The van der Waals surface area contributed by atoms with Crippen LogP contribution in [0.1, 0.15) is 102 Å². The number of imidazole rings is 1. The van der Waals surface area contributed by atoms with Crippen molar-refractivity contribution < 1.29 is 4.74 Å². The van der Waals surface area contributed by atoms with Crippen molar-refractivity contribution in [1.29, 1.82) is 0 Å². The molecule has 0 radical (unpaired) electrons. The van der Waals surface area contributed by atoms with Crippen molar-refractivity contribution >= 4 is 16.3 Å². The molecule has 0 aliphatic heterocycles. The molecule has 0 saturated carbocycles. The van der Waals surface area contributed by atoms with E-state index in [1.807, 2.05) is 6.20 Å². The van der Waals surface area contributed by atoms with E-state index in [0.29, 0.717) is 11.8 Å². The fraction of sp³-hybridized carbons (Fsp3) is 0.577. The monoisotopic (exact) mass is 426 g/mol. The second-order valence-corrected chi connectivity index (χ2v) is 9.50. The molecular formula is C26H38N2OS. The van der Waals surface area contributed by atoms with Crippen LogP contribution in [0.25, 0.3) is 4.96 Å². The molecule has 2 heterocycles. The molecule has 0 saturated heterocycles. The molecule has 3 aromatic rings. The summed E-state index contributed by atoms with van der Waals surface area (Å²) in [7, 11) is 0. The van der Waals surface area contributed by atoms with Crippen molar-refractivity contribution in [3.8, 4) is 5.75 Å². The van der Waals surface area contributed by atoms with Crippen LogP contribution in [0.15, 0.2) is 42.0 Å². The van der Waals surface area contributed by atoms with Gasteiger partial charge in [0.25, 0.3) is 0 Å². The summed E-state index contributed by atoms with van der Waals surface area (Å²) in [5.41, 5.74) is 2.81. The van der Waals surface area contributed by atoms with Crippen molar-refractivity contribution in [2.75, 3.05) is 6.61 Å². The summed E-state index contributed by atoms with van der Waals surface area (Å²) in [6.07, 6.45) is 15.5. The third-order valence-electron chi connectivity index (χ3n) is 6.16. The van der Waals surface area contributed by atoms with Gasteiger partial charge < -0.3 is 4.74 Å². The van der Waals surface area contributed by atoms with Crippen LogP contribution in [-0.2, 0) is 0 Å². The maximum Gasteiger partial charge on any atom is 0.193 e. The van der Waals surface area contributed by atoms with Crippen molar-refractivity contribution in [3.05, 3.63) is 53.3 Å². The van der Waals surface area contributed by atoms with Crippen LogP contribution < -0.4 is 4.74 Å². The topological polar surface area (TPSA) is 26.5 Å². The van der Waals surface area contributed by atoms with Crippen molar-refractivity contribution in [3.63, 3.8) is 0 Å². The molecule has 4 heteroatoms. The smallest absolute Gasteiger partial charge is 0.193 e. The van der Waals surface area contributed by atoms with Crippen LogP contribution in [-0.4, -0.2) is 16.0 Å². The molecule has 164 valence electrons. The van der Waals surface area contributed by atoms with Gasteiger partial charge in [0.2, 0.25) is 0 Å². The average Bonchev–Trinajstić information content (AvgIpc) is 3.37. The lowest BCUT2D eigenvalue weighted by atomic mass is 9.92. The third-order valence-corrected chi connectivity index (χ3v) is 7.04. The summed E-state index contributed by atoms with van der Waals surface area (Å²) in [6.45, 7) is 7.78. The quantitative estimate of drug-likeness (QED) is 0.243. The van der Waals surface area contributed by atoms with Crippen LogP contribution in [0.2, 0.25) is 0 Å². The summed E-state index contributed by atoms with van der Waals surface area (Å²) in [5, 5.41) is 2.26. The minimum absolute atomic E-state index is 0.567. The molecule has 2 atom stereocenters. The number of fused-ring (bicyclic) bond motifs is 1. The van der Waals surface area contributed by atoms with E-state index in [1.54, 1.807) is 11.3 Å². The molecule has 0 fully saturated rings. The Kier molecular flexibility index (Phi) is 9.26. The molecule has 0 N–H and O–H groups in total. The predicted octanol–water partition coefficient (Wildman–Crippen LogP) is 8.21. The molecule has 30 heavy (non-hydrogen) atoms. The first-order valence-electron chi connectivity index (χ1n) is 11.8. The van der Waals surface area contributed by atoms with E-state index >= 15 is 0 Å². The van der Waals surface area contributed by atoms with Crippen molar-refractivity contribution in [2.24, 2.45) is 0 Å². The molecule has 3 nitrogen and oxygen atoms in total. The Morgan fingerprint density at radius 2 is 1.67 bits per heavy atom. The minimum Gasteiger partial charge on any atom is -0.494 e. The van der Waals surface area contributed by atoms with Crippen LogP contribution in [0, 0.1) is 0 Å². The molecule has 2 aromatic heterocycles. The molecular weight excluding hydrogens is 388 g/mol. The molecule has 0 amide bonds. The number of rotatable bonds is 14. The molecule has 1 aromatic carbocycles. The average molecular weight is 427 g/mol. The van der Waals surface area contributed by atoms with Crippen LogP contribution in [0.5, 0.6) is 5.75 Å². The molecule has 0 aliphatic carbocycles. The van der Waals surface area contributed by atoms with Gasteiger partial charge in [-0.3, -0.25) is 4.40 Å². The van der Waals surface area contributed by atoms with Gasteiger partial charge >= 0.3 is 0 Å². The van der Waals surface area contributed by atoms with Gasteiger partial charge in [0, 0.05) is 23.5 Å². The zero-order chi connectivity index (χ0) is 21.2. The Morgan fingerprint density at radius 1 is 0.933 bits per heavy atom. The lowest BCUT2D eigenvalue weighted by Gasteiger charge is -2.15. The number of ether oxygens (including phenoxy) is 1. The first kappa shape index (κ1) is 22.9. The molecule has 3 rings (SSSR count). The largest absolute Gasteiger partial charge is 0.494 e. The molecule has 0 bridgehead atoms. The number of benzene rings is 1. The number of hydrogen-bond donors (Lipinski definition) is 0. The fourth-order valence-corrected chi connectivity index (χ4v) is 5.08. The summed E-state index contributed by atoms with van der Waals surface area (Å²) < 4.78 is 8.16. The number of nitrogens with zero attached hydrogens (tertiary/aromatic N) is 2. The SMILES string of the molecule is CCCCCCCCOc1ccc(C(C)CCCC(C)c2csc3nccn23)cc1. The fourth-order valence-electron chi connectivity index (χ4n) is 4.11. The first-order chi connectivity index (χ1) is 14.7. The van der Waals surface area contributed by atoms with Gasteiger partial charge in [-0.05, 0) is 48.8 Å². The van der Waals surface area contributed by atoms with Gasteiger partial charge in [-0.25, -0.2) is 4.98 Å². The highest BCUT2D eigenvalue weighted by molar-refractivity contribution is 7.15. The number of thiazole rings is 1. The standard InChI is InChI=1S/C26H38N2OS/c1-4-5-6-7-8-9-19-29-24-15-13-23(14-16-24)21(2)11-10-12-22(3)25-20-30-26-27-17-18-28(25)26/h13-18,20-22H,4-12,19H2,1-3H3. The van der Waals surface area contributed by atoms with E-state index in [1.165, 1.54) is 62.6 Å². The highest BCUT2D eigenvalue weighted by Crippen LogP contribution is 2.29. The predicted molar refractivity (Wildman–Crippen MR) is 129 cm³/mol. The van der Waals surface area contributed by atoms with Gasteiger partial charge in [-0.2, -0.15) is 0 Å². The van der Waals surface area contributed by atoms with Crippen molar-refractivity contribution in [2.45, 2.75) is 90.4 Å². The van der Waals surface area contributed by atoms with E-state index in [0.717, 1.165) is 23.7 Å². The molecule has 0 aliphatic rings. The molecule has 0 spiro atoms. The lowest BCUT2D eigenvalue weighted by Crippen LogP contribution is -2.00. The maximum atomic E-state index is 5.92. The maximum absolute atomic E-state index is 5.92. The Morgan fingerprint density at radius 3 is 2.47 bits per heavy atom.